The molecule has 2 bridgehead atoms. The normalized spacial score (nSPS) is 35.9. The van der Waals surface area contributed by atoms with Gasteiger partial charge in [0.1, 0.15) is 0 Å². The number of nitrogens with one attached hydrogen (secondary N) is 1. The van der Waals surface area contributed by atoms with Crippen LogP contribution in [-0.4, -0.2) is 13.1 Å². The molecular weight excluding hydrogens is 242 g/mol. The monoisotopic (exact) mass is 277 g/mol. The molecule has 0 radical (unpaired) electrons. The summed E-state index contributed by atoms with van der Waals surface area (Å²) in [5, 5.41) is 3.81. The van der Waals surface area contributed by atoms with Crippen LogP contribution in [0.1, 0.15) is 78.1 Å². The van der Waals surface area contributed by atoms with E-state index in [1.807, 2.05) is 0 Å². The minimum atomic E-state index is 0.669. The molecule has 0 aromatic rings. The van der Waals surface area contributed by atoms with Gasteiger partial charge in [-0.2, -0.15) is 0 Å². The van der Waals surface area contributed by atoms with E-state index in [2.05, 4.69) is 19.2 Å². The molecule has 0 heterocycles. The maximum absolute atomic E-state index is 3.81. The van der Waals surface area contributed by atoms with Crippen LogP contribution in [0.15, 0.2) is 0 Å². The molecule has 1 N–H and O–H groups in total. The number of rotatable bonds is 6. The average Bonchev–Trinajstić information content (AvgIpc) is 3.01. The Labute approximate surface area is 126 Å². The summed E-state index contributed by atoms with van der Waals surface area (Å²) in [6.07, 6.45) is 15.3. The van der Waals surface area contributed by atoms with Crippen molar-refractivity contribution in [3.8, 4) is 0 Å². The maximum atomic E-state index is 3.81. The molecule has 0 aromatic heterocycles. The molecule has 0 aromatic carbocycles. The maximum Gasteiger partial charge on any atom is 0.000802 e. The lowest BCUT2D eigenvalue weighted by Gasteiger charge is -2.41. The molecule has 0 spiro atoms. The van der Waals surface area contributed by atoms with Crippen LogP contribution in [0.5, 0.6) is 0 Å². The Bertz CT molecular complexity index is 303. The minimum absolute atomic E-state index is 0.669. The van der Waals surface area contributed by atoms with Gasteiger partial charge in [0.2, 0.25) is 0 Å². The van der Waals surface area contributed by atoms with Gasteiger partial charge >= 0.3 is 0 Å². The molecular formula is C19H35N. The van der Waals surface area contributed by atoms with Crippen LogP contribution in [0.25, 0.3) is 0 Å². The summed E-state index contributed by atoms with van der Waals surface area (Å²) in [4.78, 5) is 0. The topological polar surface area (TPSA) is 12.0 Å². The summed E-state index contributed by atoms with van der Waals surface area (Å²) in [6.45, 7) is 7.17. The zero-order chi connectivity index (χ0) is 14.0. The molecule has 116 valence electrons. The second-order valence-electron chi connectivity index (χ2n) is 8.72. The van der Waals surface area contributed by atoms with Gasteiger partial charge in [-0.3, -0.25) is 0 Å². The predicted molar refractivity (Wildman–Crippen MR) is 86.8 cm³/mol. The fourth-order valence-electron chi connectivity index (χ4n) is 5.56. The third-order valence-electron chi connectivity index (χ3n) is 6.55. The van der Waals surface area contributed by atoms with E-state index in [0.29, 0.717) is 5.41 Å². The fraction of sp³-hybridized carbons (Fsp3) is 1.00. The molecule has 0 saturated heterocycles. The van der Waals surface area contributed by atoms with Gasteiger partial charge in [0, 0.05) is 6.54 Å². The van der Waals surface area contributed by atoms with Crippen LogP contribution in [0.3, 0.4) is 0 Å². The van der Waals surface area contributed by atoms with Gasteiger partial charge in [0.05, 0.1) is 0 Å². The lowest BCUT2D eigenvalue weighted by Crippen LogP contribution is -2.39. The van der Waals surface area contributed by atoms with Crippen molar-refractivity contribution in [2.24, 2.45) is 29.1 Å². The van der Waals surface area contributed by atoms with Crippen molar-refractivity contribution in [3.63, 3.8) is 0 Å². The Kier molecular flexibility index (Phi) is 4.75. The van der Waals surface area contributed by atoms with E-state index < -0.39 is 0 Å². The SMILES string of the molecule is CC(C)CNCC1(CC2CC3CCC2C3)CCCCC1. The highest BCUT2D eigenvalue weighted by Gasteiger charge is 2.43. The smallest absolute Gasteiger partial charge is 0.000802 e. The van der Waals surface area contributed by atoms with E-state index in [4.69, 9.17) is 0 Å². The van der Waals surface area contributed by atoms with Gasteiger partial charge in [0.15, 0.2) is 0 Å². The van der Waals surface area contributed by atoms with Gasteiger partial charge < -0.3 is 5.32 Å². The van der Waals surface area contributed by atoms with Gasteiger partial charge in [0.25, 0.3) is 0 Å². The Morgan fingerprint density at radius 1 is 1.05 bits per heavy atom. The summed E-state index contributed by atoms with van der Waals surface area (Å²) in [5.41, 5.74) is 0.669. The summed E-state index contributed by atoms with van der Waals surface area (Å²) in [7, 11) is 0. The third kappa shape index (κ3) is 3.40. The highest BCUT2D eigenvalue weighted by molar-refractivity contribution is 4.95. The molecule has 3 aliphatic carbocycles. The standard InChI is InChI=1S/C19H35N/c1-15(2)13-20-14-19(8-4-3-5-9-19)12-18-11-16-6-7-17(18)10-16/h15-18,20H,3-14H2,1-2H3. The molecule has 1 nitrogen and oxygen atoms in total. The van der Waals surface area contributed by atoms with Gasteiger partial charge in [-0.1, -0.05) is 39.5 Å². The van der Waals surface area contributed by atoms with E-state index >= 15 is 0 Å². The molecule has 3 aliphatic rings. The average molecular weight is 277 g/mol. The Morgan fingerprint density at radius 2 is 1.85 bits per heavy atom. The molecule has 1 heteroatoms. The summed E-state index contributed by atoms with van der Waals surface area (Å²) in [6, 6.07) is 0. The van der Waals surface area contributed by atoms with E-state index in [1.54, 1.807) is 32.1 Å². The van der Waals surface area contributed by atoms with E-state index in [1.165, 1.54) is 45.2 Å². The third-order valence-corrected chi connectivity index (χ3v) is 6.55. The van der Waals surface area contributed by atoms with Crippen molar-refractivity contribution in [2.45, 2.75) is 78.1 Å². The molecule has 3 saturated carbocycles. The van der Waals surface area contributed by atoms with Crippen molar-refractivity contribution >= 4 is 0 Å². The quantitative estimate of drug-likeness (QED) is 0.719. The van der Waals surface area contributed by atoms with Crippen molar-refractivity contribution < 1.29 is 0 Å². The second kappa shape index (κ2) is 6.38. The number of hydrogen-bond acceptors (Lipinski definition) is 1. The lowest BCUT2D eigenvalue weighted by molar-refractivity contribution is 0.115. The molecule has 3 rings (SSSR count). The summed E-state index contributed by atoms with van der Waals surface area (Å²) < 4.78 is 0. The van der Waals surface area contributed by atoms with Crippen LogP contribution in [-0.2, 0) is 0 Å². The first kappa shape index (κ1) is 14.9. The van der Waals surface area contributed by atoms with E-state index in [9.17, 15) is 0 Å². The molecule has 3 atom stereocenters. The molecule has 0 amide bonds. The molecule has 3 unspecified atom stereocenters. The van der Waals surface area contributed by atoms with E-state index in [-0.39, 0.29) is 0 Å². The number of fused-ring (bicyclic) bond motifs is 2. The van der Waals surface area contributed by atoms with Gasteiger partial charge in [-0.25, -0.2) is 0 Å². The molecule has 20 heavy (non-hydrogen) atoms. The van der Waals surface area contributed by atoms with Crippen molar-refractivity contribution in [1.29, 1.82) is 0 Å². The predicted octanol–water partition coefficient (Wildman–Crippen LogP) is 5.01. The van der Waals surface area contributed by atoms with Crippen LogP contribution in [0, 0.1) is 29.1 Å². The molecule has 0 aliphatic heterocycles. The molecule has 3 fully saturated rings. The van der Waals surface area contributed by atoms with Crippen LogP contribution < -0.4 is 5.32 Å². The van der Waals surface area contributed by atoms with Gasteiger partial charge in [-0.15, -0.1) is 0 Å². The first-order valence-electron chi connectivity index (χ1n) is 9.38. The number of hydrogen-bond donors (Lipinski definition) is 1. The van der Waals surface area contributed by atoms with Crippen molar-refractivity contribution in [1.82, 2.24) is 5.32 Å². The zero-order valence-electron chi connectivity index (χ0n) is 13.8. The lowest BCUT2D eigenvalue weighted by atomic mass is 9.66. The Morgan fingerprint density at radius 3 is 2.45 bits per heavy atom. The highest BCUT2D eigenvalue weighted by atomic mass is 14.9. The van der Waals surface area contributed by atoms with Crippen LogP contribution >= 0.6 is 0 Å². The highest BCUT2D eigenvalue weighted by Crippen LogP contribution is 2.54. The second-order valence-corrected chi connectivity index (χ2v) is 8.72. The Balaban J connectivity index is 1.57. The summed E-state index contributed by atoms with van der Waals surface area (Å²) >= 11 is 0. The van der Waals surface area contributed by atoms with Crippen LogP contribution in [0.4, 0.5) is 0 Å². The fourth-order valence-corrected chi connectivity index (χ4v) is 5.56. The Hall–Kier alpha value is -0.0400. The van der Waals surface area contributed by atoms with E-state index in [0.717, 1.165) is 23.7 Å². The minimum Gasteiger partial charge on any atom is -0.316 e. The van der Waals surface area contributed by atoms with Crippen molar-refractivity contribution in [2.75, 3.05) is 13.1 Å². The largest absolute Gasteiger partial charge is 0.316 e. The van der Waals surface area contributed by atoms with Crippen LogP contribution in [0.2, 0.25) is 0 Å². The van der Waals surface area contributed by atoms with Gasteiger partial charge in [-0.05, 0) is 74.2 Å². The van der Waals surface area contributed by atoms with Crippen molar-refractivity contribution in [3.05, 3.63) is 0 Å². The summed E-state index contributed by atoms with van der Waals surface area (Å²) in [5.74, 6) is 4.11. The first-order chi connectivity index (χ1) is 9.67. The first-order valence-corrected chi connectivity index (χ1v) is 9.38. The zero-order valence-corrected chi connectivity index (χ0v) is 13.8.